The number of hydrogen-bond acceptors (Lipinski definition) is 5. The van der Waals surface area contributed by atoms with Crippen molar-refractivity contribution in [2.24, 2.45) is 0 Å². The van der Waals surface area contributed by atoms with Gasteiger partial charge in [-0.05, 0) is 48.6 Å². The predicted molar refractivity (Wildman–Crippen MR) is 94.9 cm³/mol. The van der Waals surface area contributed by atoms with E-state index in [1.165, 1.54) is 0 Å². The molecule has 2 aromatic rings. The van der Waals surface area contributed by atoms with Gasteiger partial charge in [0.05, 0.1) is 5.56 Å². The van der Waals surface area contributed by atoms with Crippen LogP contribution in [0.5, 0.6) is 11.6 Å². The van der Waals surface area contributed by atoms with Crippen molar-refractivity contribution in [3.8, 4) is 11.6 Å². The zero-order chi connectivity index (χ0) is 20.8. The van der Waals surface area contributed by atoms with Gasteiger partial charge in [0.25, 0.3) is 5.91 Å². The highest BCUT2D eigenvalue weighted by atomic mass is 35.5. The van der Waals surface area contributed by atoms with E-state index in [4.69, 9.17) is 21.1 Å². The highest BCUT2D eigenvalue weighted by Crippen LogP contribution is 2.39. The van der Waals surface area contributed by atoms with Crippen LogP contribution in [0.15, 0.2) is 30.5 Å². The van der Waals surface area contributed by atoms with Crippen LogP contribution in [-0.4, -0.2) is 23.1 Å². The first-order valence-corrected chi connectivity index (χ1v) is 9.15. The van der Waals surface area contributed by atoms with Crippen LogP contribution in [0.1, 0.15) is 35.4 Å². The summed E-state index contributed by atoms with van der Waals surface area (Å²) in [6.07, 6.45) is -3.34. The van der Waals surface area contributed by atoms with E-state index in [9.17, 15) is 22.8 Å². The lowest BCUT2D eigenvalue weighted by atomic mass is 9.79. The minimum Gasteiger partial charge on any atom is -0.438 e. The molecule has 2 aliphatic rings. The number of alkyl carbamates (subject to hydrolysis) is 1. The topological polar surface area (TPSA) is 77.5 Å². The number of carbonyl (C=O) groups excluding carboxylic acids is 2. The number of amides is 2. The summed E-state index contributed by atoms with van der Waals surface area (Å²) in [7, 11) is 0. The molecule has 0 saturated carbocycles. The lowest BCUT2D eigenvalue weighted by molar-refractivity contribution is -0.137. The molecule has 10 heteroatoms. The highest BCUT2D eigenvalue weighted by Gasteiger charge is 2.41. The fourth-order valence-electron chi connectivity index (χ4n) is 3.61. The number of benzene rings is 1. The second-order valence-electron chi connectivity index (χ2n) is 6.79. The summed E-state index contributed by atoms with van der Waals surface area (Å²) < 4.78 is 48.9. The zero-order valence-corrected chi connectivity index (χ0v) is 15.5. The molecule has 1 N–H and O–H groups in total. The van der Waals surface area contributed by atoms with Crippen LogP contribution in [0.2, 0.25) is 5.02 Å². The van der Waals surface area contributed by atoms with Gasteiger partial charge in [0, 0.05) is 12.1 Å². The van der Waals surface area contributed by atoms with E-state index >= 15 is 0 Å². The van der Waals surface area contributed by atoms with Gasteiger partial charge in [-0.2, -0.15) is 13.2 Å². The van der Waals surface area contributed by atoms with E-state index < -0.39 is 29.8 Å². The fraction of sp³-hybridized carbons (Fsp3) is 0.316. The summed E-state index contributed by atoms with van der Waals surface area (Å²) in [6, 6.07) is 5.85. The van der Waals surface area contributed by atoms with Gasteiger partial charge < -0.3 is 9.47 Å². The molecule has 1 aromatic carbocycles. The maximum atomic E-state index is 12.7. The molecule has 2 heterocycles. The summed E-state index contributed by atoms with van der Waals surface area (Å²) in [5, 5.41) is 1.87. The molecule has 2 amide bonds. The van der Waals surface area contributed by atoms with Crippen molar-refractivity contribution in [1.82, 2.24) is 10.3 Å². The Labute approximate surface area is 168 Å². The minimum absolute atomic E-state index is 0.143. The van der Waals surface area contributed by atoms with Crippen molar-refractivity contribution >= 4 is 23.6 Å². The van der Waals surface area contributed by atoms with Gasteiger partial charge in [-0.3, -0.25) is 10.1 Å². The van der Waals surface area contributed by atoms with Gasteiger partial charge in [-0.25, -0.2) is 9.78 Å². The number of cyclic esters (lactones) is 1. The molecule has 0 spiro atoms. The lowest BCUT2D eigenvalue weighted by Gasteiger charge is -2.28. The Hall–Kier alpha value is -2.81. The number of carbonyl (C=O) groups is 2. The number of nitrogens with zero attached hydrogens (tertiary/aromatic N) is 1. The van der Waals surface area contributed by atoms with Crippen LogP contribution >= 0.6 is 11.6 Å². The quantitative estimate of drug-likeness (QED) is 0.776. The highest BCUT2D eigenvalue weighted by molar-refractivity contribution is 6.31. The Bertz CT molecular complexity index is 996. The average molecular weight is 427 g/mol. The molecular formula is C19H14ClF3N2O4. The molecule has 29 heavy (non-hydrogen) atoms. The average Bonchev–Trinajstić information content (AvgIpc) is 3.00. The molecule has 1 unspecified atom stereocenters. The molecule has 1 aromatic heterocycles. The normalized spacial score (nSPS) is 21.4. The summed E-state index contributed by atoms with van der Waals surface area (Å²) in [5.41, 5.74) is 0.801. The van der Waals surface area contributed by atoms with Crippen LogP contribution in [-0.2, 0) is 22.1 Å². The standard InChI is InChI=1S/C19H14ClF3N2O4/c20-14-7-10(19(21,22)23)8-24-17(14)28-11-4-5-12-9(6-11)2-1-3-13(12)15-16(26)25-18(27)29-15/h4-8,13,15H,1-3H2,(H,25,26,27)/t13-,15?/m1/s1. The third kappa shape index (κ3) is 3.87. The Morgan fingerprint density at radius 1 is 1.24 bits per heavy atom. The van der Waals surface area contributed by atoms with Crippen molar-refractivity contribution in [1.29, 1.82) is 0 Å². The molecule has 0 radical (unpaired) electrons. The number of imide groups is 1. The van der Waals surface area contributed by atoms with Crippen molar-refractivity contribution in [3.05, 3.63) is 52.2 Å². The Morgan fingerprint density at radius 2 is 2.03 bits per heavy atom. The third-order valence-corrected chi connectivity index (χ3v) is 5.18. The molecule has 4 rings (SSSR count). The van der Waals surface area contributed by atoms with Crippen LogP contribution in [0.25, 0.3) is 0 Å². The van der Waals surface area contributed by atoms with Crippen molar-refractivity contribution < 1.29 is 32.2 Å². The number of pyridine rings is 1. The van der Waals surface area contributed by atoms with Crippen molar-refractivity contribution in [3.63, 3.8) is 0 Å². The predicted octanol–water partition coefficient (Wildman–Crippen LogP) is 4.60. The van der Waals surface area contributed by atoms with Crippen molar-refractivity contribution in [2.45, 2.75) is 37.5 Å². The summed E-state index contributed by atoms with van der Waals surface area (Å²) in [6.45, 7) is 0. The lowest BCUT2D eigenvalue weighted by Crippen LogP contribution is -2.31. The van der Waals surface area contributed by atoms with E-state index in [1.54, 1.807) is 18.2 Å². The van der Waals surface area contributed by atoms with Crippen molar-refractivity contribution in [2.75, 3.05) is 0 Å². The molecule has 152 valence electrons. The molecule has 1 fully saturated rings. The van der Waals surface area contributed by atoms with Crippen LogP contribution in [0.3, 0.4) is 0 Å². The van der Waals surface area contributed by atoms with Gasteiger partial charge in [-0.1, -0.05) is 17.7 Å². The molecule has 2 atom stereocenters. The Balaban J connectivity index is 1.57. The third-order valence-electron chi connectivity index (χ3n) is 4.91. The molecular weight excluding hydrogens is 413 g/mol. The second kappa shape index (κ2) is 7.22. The minimum atomic E-state index is -4.55. The smallest absolute Gasteiger partial charge is 0.417 e. The maximum absolute atomic E-state index is 12.7. The monoisotopic (exact) mass is 426 g/mol. The van der Waals surface area contributed by atoms with Gasteiger partial charge in [-0.15, -0.1) is 0 Å². The van der Waals surface area contributed by atoms with Gasteiger partial charge in [0.2, 0.25) is 5.88 Å². The maximum Gasteiger partial charge on any atom is 0.417 e. The second-order valence-corrected chi connectivity index (χ2v) is 7.19. The Morgan fingerprint density at radius 3 is 2.69 bits per heavy atom. The van der Waals surface area contributed by atoms with E-state index in [1.807, 2.05) is 0 Å². The fourth-order valence-corrected chi connectivity index (χ4v) is 3.81. The summed E-state index contributed by atoms with van der Waals surface area (Å²) >= 11 is 5.89. The number of fused-ring (bicyclic) bond motifs is 1. The molecule has 1 saturated heterocycles. The number of rotatable bonds is 3. The van der Waals surface area contributed by atoms with Gasteiger partial charge in [0.15, 0.2) is 6.10 Å². The van der Waals surface area contributed by atoms with E-state index in [0.717, 1.165) is 30.0 Å². The van der Waals surface area contributed by atoms with Gasteiger partial charge in [0.1, 0.15) is 10.8 Å². The SMILES string of the molecule is O=C1NC(=O)C([C@@H]2CCCc3cc(Oc4ncc(C(F)(F)F)cc4Cl)ccc32)O1. The number of nitrogens with one attached hydrogen (secondary N) is 1. The number of aromatic nitrogens is 1. The first kappa shape index (κ1) is 19.5. The largest absolute Gasteiger partial charge is 0.438 e. The molecule has 0 bridgehead atoms. The first-order chi connectivity index (χ1) is 13.7. The van der Waals surface area contributed by atoms with Crippen LogP contribution < -0.4 is 10.1 Å². The zero-order valence-electron chi connectivity index (χ0n) is 14.8. The van der Waals surface area contributed by atoms with E-state index in [2.05, 4.69) is 10.3 Å². The molecule has 1 aliphatic carbocycles. The summed E-state index contributed by atoms with van der Waals surface area (Å²) in [5.74, 6) is -0.525. The molecule has 6 nitrogen and oxygen atoms in total. The Kier molecular flexibility index (Phi) is 4.85. The van der Waals surface area contributed by atoms with Crippen LogP contribution in [0.4, 0.5) is 18.0 Å². The number of hydrogen-bond donors (Lipinski definition) is 1. The first-order valence-electron chi connectivity index (χ1n) is 8.77. The van der Waals surface area contributed by atoms with Gasteiger partial charge >= 0.3 is 12.3 Å². The summed E-state index contributed by atoms with van der Waals surface area (Å²) in [4.78, 5) is 26.9. The number of alkyl halides is 3. The van der Waals surface area contributed by atoms with E-state index in [0.29, 0.717) is 18.4 Å². The van der Waals surface area contributed by atoms with E-state index in [-0.39, 0.29) is 16.8 Å². The number of ether oxygens (including phenoxy) is 2. The molecule has 1 aliphatic heterocycles. The van der Waals surface area contributed by atoms with Crippen LogP contribution in [0, 0.1) is 0 Å². The number of aryl methyl sites for hydroxylation is 1. The number of halogens is 4.